The Kier molecular flexibility index (Phi) is 13.3. The molecule has 0 aliphatic carbocycles. The Bertz CT molecular complexity index is 2060. The van der Waals surface area contributed by atoms with Crippen molar-refractivity contribution in [2.24, 2.45) is 0 Å². The van der Waals surface area contributed by atoms with Crippen molar-refractivity contribution in [3.63, 3.8) is 0 Å². The van der Waals surface area contributed by atoms with Crippen molar-refractivity contribution in [1.29, 1.82) is 0 Å². The van der Waals surface area contributed by atoms with Crippen molar-refractivity contribution < 1.29 is 114 Å². The third-order valence-corrected chi connectivity index (χ3v) is 10.7. The highest BCUT2D eigenvalue weighted by Gasteiger charge is 2.54. The van der Waals surface area contributed by atoms with Crippen molar-refractivity contribution in [2.75, 3.05) is 19.8 Å². The standard InChI is InChI=1S/C37H46O24/c1-10-30(59-35-27(50)22(45)17(43)8-54-35)29(52)33(61-36-28(51)25(48)23(46)19(58-36)9-55-34-26(49)21(44)16(42)7-53-34)37(56-10)60-32-24(47)20-15(41)5-12(38)6-18(20)57-31(32)11-2-3-13(39)14(40)4-11/h2-6,10,16-17,19,21-23,25-30,33-46,48-52H,7-9H2,1H3/t10-,16-,17-,19+,21+,22-,23+,25-,26+,27-,28+,29+,30-,33-,34-,35-,36-,37-/m0/s1. The van der Waals surface area contributed by atoms with E-state index in [1.807, 2.05) is 0 Å². The summed E-state index contributed by atoms with van der Waals surface area (Å²) in [6, 6.07) is 5.05. The Balaban J connectivity index is 1.24. The first-order valence-corrected chi connectivity index (χ1v) is 18.8. The highest BCUT2D eigenvalue weighted by atomic mass is 16.8. The van der Waals surface area contributed by atoms with Gasteiger partial charge in [-0.25, -0.2) is 0 Å². The monoisotopic (exact) mass is 874 g/mol. The first-order chi connectivity index (χ1) is 28.9. The molecule has 18 atom stereocenters. The van der Waals surface area contributed by atoms with E-state index < -0.39 is 176 Å². The molecule has 2 aromatic carbocycles. The Hall–Kier alpha value is -4.03. The number of rotatable bonds is 10. The molecule has 4 fully saturated rings. The molecule has 4 aliphatic heterocycles. The van der Waals surface area contributed by atoms with Gasteiger partial charge in [0.15, 0.2) is 42.2 Å². The topological polar surface area (TPSA) is 387 Å². The molecular weight excluding hydrogens is 828 g/mol. The number of aliphatic hydroxyl groups is 10. The van der Waals surface area contributed by atoms with Crippen LogP contribution in [0.1, 0.15) is 6.92 Å². The van der Waals surface area contributed by atoms with Gasteiger partial charge < -0.3 is 114 Å². The predicted molar refractivity (Wildman–Crippen MR) is 193 cm³/mol. The molecule has 4 aliphatic rings. The average Bonchev–Trinajstić information content (AvgIpc) is 3.21. The van der Waals surface area contributed by atoms with Gasteiger partial charge in [-0.15, -0.1) is 0 Å². The van der Waals surface area contributed by atoms with Gasteiger partial charge in [0.2, 0.25) is 17.5 Å². The zero-order valence-corrected chi connectivity index (χ0v) is 31.7. The Labute approximate surface area is 342 Å². The van der Waals surface area contributed by atoms with Crippen LogP contribution in [0.25, 0.3) is 22.3 Å². The molecule has 338 valence electrons. The van der Waals surface area contributed by atoms with Crippen molar-refractivity contribution in [3.05, 3.63) is 40.6 Å². The molecule has 24 heteroatoms. The van der Waals surface area contributed by atoms with Crippen LogP contribution in [0.15, 0.2) is 39.5 Å². The fourth-order valence-corrected chi connectivity index (χ4v) is 7.26. The third kappa shape index (κ3) is 8.82. The Morgan fingerprint density at radius 2 is 1.25 bits per heavy atom. The lowest BCUT2D eigenvalue weighted by Gasteiger charge is -2.47. The summed E-state index contributed by atoms with van der Waals surface area (Å²) in [5.74, 6) is -3.77. The summed E-state index contributed by atoms with van der Waals surface area (Å²) in [5.41, 5.74) is -1.59. The molecule has 0 bridgehead atoms. The molecule has 4 saturated heterocycles. The number of phenols is 4. The van der Waals surface area contributed by atoms with Crippen LogP contribution >= 0.6 is 0 Å². The van der Waals surface area contributed by atoms with Gasteiger partial charge in [-0.2, -0.15) is 0 Å². The van der Waals surface area contributed by atoms with Crippen LogP contribution in [-0.4, -0.2) is 202 Å². The molecule has 3 aromatic rings. The van der Waals surface area contributed by atoms with Gasteiger partial charge in [0.1, 0.15) is 95.7 Å². The largest absolute Gasteiger partial charge is 0.508 e. The summed E-state index contributed by atoms with van der Waals surface area (Å²) in [7, 11) is 0. The van der Waals surface area contributed by atoms with Crippen molar-refractivity contribution >= 4 is 11.0 Å². The van der Waals surface area contributed by atoms with Gasteiger partial charge in [0.25, 0.3) is 0 Å². The highest BCUT2D eigenvalue weighted by molar-refractivity contribution is 5.88. The number of aliphatic hydroxyl groups excluding tert-OH is 10. The van der Waals surface area contributed by atoms with Gasteiger partial charge in [0.05, 0.1) is 25.9 Å². The van der Waals surface area contributed by atoms with Gasteiger partial charge in [-0.05, 0) is 25.1 Å². The molecule has 5 heterocycles. The van der Waals surface area contributed by atoms with Gasteiger partial charge in [0, 0.05) is 17.7 Å². The number of hydrogen-bond acceptors (Lipinski definition) is 24. The van der Waals surface area contributed by atoms with Crippen LogP contribution in [0.4, 0.5) is 0 Å². The van der Waals surface area contributed by atoms with Crippen LogP contribution in [0.3, 0.4) is 0 Å². The highest BCUT2D eigenvalue weighted by Crippen LogP contribution is 2.41. The second-order valence-electron chi connectivity index (χ2n) is 15.0. The van der Waals surface area contributed by atoms with Crippen molar-refractivity contribution in [3.8, 4) is 40.1 Å². The van der Waals surface area contributed by atoms with Crippen LogP contribution in [-0.2, 0) is 33.2 Å². The zero-order valence-electron chi connectivity index (χ0n) is 31.7. The van der Waals surface area contributed by atoms with Crippen LogP contribution < -0.4 is 10.2 Å². The van der Waals surface area contributed by atoms with Gasteiger partial charge >= 0.3 is 0 Å². The Morgan fingerprint density at radius 1 is 0.623 bits per heavy atom. The fraction of sp³-hybridized carbons (Fsp3) is 0.595. The maximum atomic E-state index is 14.2. The lowest BCUT2D eigenvalue weighted by molar-refractivity contribution is -0.374. The molecule has 61 heavy (non-hydrogen) atoms. The number of benzene rings is 2. The lowest BCUT2D eigenvalue weighted by Crippen LogP contribution is -2.66. The van der Waals surface area contributed by atoms with Gasteiger partial charge in [-0.3, -0.25) is 4.79 Å². The zero-order chi connectivity index (χ0) is 44.2. The van der Waals surface area contributed by atoms with E-state index in [0.717, 1.165) is 24.3 Å². The average molecular weight is 875 g/mol. The third-order valence-electron chi connectivity index (χ3n) is 10.7. The van der Waals surface area contributed by atoms with E-state index in [1.54, 1.807) is 0 Å². The summed E-state index contributed by atoms with van der Waals surface area (Å²) in [5, 5.41) is 146. The molecule has 24 nitrogen and oxygen atoms in total. The second kappa shape index (κ2) is 18.0. The number of hydrogen-bond donors (Lipinski definition) is 14. The summed E-state index contributed by atoms with van der Waals surface area (Å²) in [6.07, 6.45) is -31.8. The molecular formula is C37H46O24. The van der Waals surface area contributed by atoms with Crippen LogP contribution in [0.5, 0.6) is 28.7 Å². The molecule has 0 spiro atoms. The number of phenolic OH excluding ortho intramolecular Hbond substituents is 4. The normalized spacial score (nSPS) is 39.6. The van der Waals surface area contributed by atoms with Crippen molar-refractivity contribution in [2.45, 2.75) is 118 Å². The van der Waals surface area contributed by atoms with E-state index in [4.69, 9.17) is 42.3 Å². The number of aromatic hydroxyl groups is 4. The molecule has 0 unspecified atom stereocenters. The molecule has 0 saturated carbocycles. The molecule has 7 rings (SSSR count). The van der Waals surface area contributed by atoms with E-state index >= 15 is 0 Å². The fourth-order valence-electron chi connectivity index (χ4n) is 7.26. The minimum absolute atomic E-state index is 0.112. The smallest absolute Gasteiger partial charge is 0.239 e. The Morgan fingerprint density at radius 3 is 1.92 bits per heavy atom. The van der Waals surface area contributed by atoms with E-state index in [0.29, 0.717) is 0 Å². The minimum Gasteiger partial charge on any atom is -0.508 e. The molecule has 0 amide bonds. The maximum Gasteiger partial charge on any atom is 0.239 e. The van der Waals surface area contributed by atoms with Crippen LogP contribution in [0.2, 0.25) is 0 Å². The lowest BCUT2D eigenvalue weighted by atomic mass is 9.97. The SMILES string of the molecule is C[C@@H]1O[C@@H](Oc2c(-c3ccc(O)c(O)c3)oc3cc(O)cc(O)c3c2=O)[C@@H](O[C@@H]2O[C@H](CO[C@@H]3OC[C@H](O)[C@@H](O)[C@H]3O)[C@@H](O)[C@H](O)[C@H]2O)[C@H](O)[C@H]1O[C@@H]1OC[C@H](O)[C@H](O)[C@@H]1O. The molecule has 1 aromatic heterocycles. The number of fused-ring (bicyclic) bond motifs is 1. The van der Waals surface area contributed by atoms with Gasteiger partial charge in [-0.1, -0.05) is 0 Å². The summed E-state index contributed by atoms with van der Waals surface area (Å²) >= 11 is 0. The van der Waals surface area contributed by atoms with E-state index in [-0.39, 0.29) is 11.1 Å². The quantitative estimate of drug-likeness (QED) is 0.0850. The summed E-state index contributed by atoms with van der Waals surface area (Å²) < 4.78 is 51.6. The van der Waals surface area contributed by atoms with Crippen LogP contribution in [0, 0.1) is 0 Å². The number of ether oxygens (including phenoxy) is 8. The molecule has 0 radical (unpaired) electrons. The predicted octanol–water partition coefficient (Wildman–Crippen LogP) is -4.76. The van der Waals surface area contributed by atoms with E-state index in [9.17, 15) is 76.3 Å². The van der Waals surface area contributed by atoms with E-state index in [1.165, 1.54) is 13.0 Å². The van der Waals surface area contributed by atoms with Crippen molar-refractivity contribution in [1.82, 2.24) is 0 Å². The minimum atomic E-state index is -2.11. The summed E-state index contributed by atoms with van der Waals surface area (Å²) in [4.78, 5) is 14.2. The second-order valence-corrected chi connectivity index (χ2v) is 15.0. The van der Waals surface area contributed by atoms with E-state index in [2.05, 4.69) is 0 Å². The molecule has 14 N–H and O–H groups in total. The maximum absolute atomic E-state index is 14.2. The first kappa shape index (κ1) is 45.0. The summed E-state index contributed by atoms with van der Waals surface area (Å²) in [6.45, 7) is -0.303. The first-order valence-electron chi connectivity index (χ1n) is 18.8.